The lowest BCUT2D eigenvalue weighted by Gasteiger charge is -2.39. The Morgan fingerprint density at radius 2 is 1.88 bits per heavy atom. The van der Waals surface area contributed by atoms with Gasteiger partial charge in [-0.3, -0.25) is 19.8 Å². The molecule has 43 heavy (non-hydrogen) atoms. The lowest BCUT2D eigenvalue weighted by atomic mass is 10.1. The Morgan fingerprint density at radius 1 is 1.14 bits per heavy atom. The molecule has 14 heteroatoms. The van der Waals surface area contributed by atoms with E-state index in [1.807, 2.05) is 11.8 Å². The zero-order valence-corrected chi connectivity index (χ0v) is 26.8. The fourth-order valence-electron chi connectivity index (χ4n) is 5.35. The Bertz CT molecular complexity index is 1380. The smallest absolute Gasteiger partial charge is 0.280 e. The number of oxime groups is 1. The third kappa shape index (κ3) is 9.05. The summed E-state index contributed by atoms with van der Waals surface area (Å²) < 4.78 is 35.8. The van der Waals surface area contributed by atoms with Gasteiger partial charge < -0.3 is 19.2 Å². The van der Waals surface area contributed by atoms with Gasteiger partial charge in [0.2, 0.25) is 5.91 Å². The van der Waals surface area contributed by atoms with Crippen LogP contribution < -0.4 is 5.32 Å². The van der Waals surface area contributed by atoms with Gasteiger partial charge in [0.1, 0.15) is 6.10 Å². The van der Waals surface area contributed by atoms with Gasteiger partial charge in [0.25, 0.3) is 5.91 Å². The van der Waals surface area contributed by atoms with E-state index < -0.39 is 15.7 Å². The number of piperazine rings is 1. The predicted molar refractivity (Wildman–Crippen MR) is 164 cm³/mol. The van der Waals surface area contributed by atoms with Crippen molar-refractivity contribution in [2.75, 3.05) is 51.5 Å². The number of benzene rings is 1. The number of amides is 2. The Morgan fingerprint density at radius 3 is 2.53 bits per heavy atom. The minimum absolute atomic E-state index is 0.0233. The number of sulfone groups is 1. The Labute approximate surface area is 257 Å². The average molecular weight is 636 g/mol. The van der Waals surface area contributed by atoms with Crippen molar-refractivity contribution in [3.05, 3.63) is 40.9 Å². The molecule has 0 unspecified atom stereocenters. The summed E-state index contributed by atoms with van der Waals surface area (Å²) in [6.45, 7) is 6.85. The molecule has 12 nitrogen and oxygen atoms in total. The number of aromatic nitrogens is 1. The molecule has 1 saturated heterocycles. The van der Waals surface area contributed by atoms with Crippen LogP contribution in [0.5, 0.6) is 0 Å². The quantitative estimate of drug-likeness (QED) is 0.200. The number of hydrogen-bond acceptors (Lipinski definition) is 11. The lowest BCUT2D eigenvalue weighted by molar-refractivity contribution is -0.133. The molecule has 2 fully saturated rings. The van der Waals surface area contributed by atoms with Crippen LogP contribution >= 0.6 is 11.3 Å². The highest BCUT2D eigenvalue weighted by atomic mass is 32.2. The summed E-state index contributed by atoms with van der Waals surface area (Å²) in [5.41, 5.74) is 0.443. The number of carbonyl (C=O) groups excluding carboxylic acids is 2. The fraction of sp³-hybridized carbons (Fsp3) is 0.586. The van der Waals surface area contributed by atoms with Gasteiger partial charge in [-0.05, 0) is 38.3 Å². The number of nitrogens with zero attached hydrogens (tertiary/aromatic N) is 4. The maximum atomic E-state index is 13.5. The number of nitrogens with one attached hydrogen (secondary N) is 1. The first-order valence-corrected chi connectivity index (χ1v) is 16.9. The van der Waals surface area contributed by atoms with E-state index in [1.165, 1.54) is 30.6 Å². The molecule has 1 aliphatic carbocycles. The zero-order chi connectivity index (χ0) is 31.0. The summed E-state index contributed by atoms with van der Waals surface area (Å²) in [7, 11) is -0.304. The maximum Gasteiger partial charge on any atom is 0.280 e. The molecule has 1 aromatic heterocycles. The van der Waals surface area contributed by atoms with E-state index >= 15 is 0 Å². The van der Waals surface area contributed by atoms with Gasteiger partial charge in [-0.1, -0.05) is 17.3 Å². The van der Waals surface area contributed by atoms with Crippen molar-refractivity contribution in [3.8, 4) is 0 Å². The number of methoxy groups -OCH3 is 2. The summed E-state index contributed by atoms with van der Waals surface area (Å²) >= 11 is 1.37. The second kappa shape index (κ2) is 15.2. The first-order valence-electron chi connectivity index (χ1n) is 14.4. The topological polar surface area (TPSA) is 140 Å². The average Bonchev–Trinajstić information content (AvgIpc) is 3.62. The van der Waals surface area contributed by atoms with Crippen LogP contribution in [0.1, 0.15) is 50.0 Å². The summed E-state index contributed by atoms with van der Waals surface area (Å²) in [6.07, 6.45) is 4.29. The molecule has 3 atom stereocenters. The van der Waals surface area contributed by atoms with Crippen molar-refractivity contribution in [2.24, 2.45) is 5.16 Å². The number of ether oxygens (including phenoxy) is 2. The highest BCUT2D eigenvalue weighted by Crippen LogP contribution is 2.25. The molecule has 2 heterocycles. The molecule has 236 valence electrons. The number of anilines is 1. The highest BCUT2D eigenvalue weighted by molar-refractivity contribution is 7.91. The van der Waals surface area contributed by atoms with Crippen molar-refractivity contribution in [3.63, 3.8) is 0 Å². The van der Waals surface area contributed by atoms with Crippen molar-refractivity contribution in [1.29, 1.82) is 0 Å². The first kappa shape index (κ1) is 33.0. The fourth-order valence-corrected chi connectivity index (χ4v) is 7.49. The van der Waals surface area contributed by atoms with Gasteiger partial charge in [0.05, 0.1) is 16.8 Å². The molecule has 2 aliphatic rings. The van der Waals surface area contributed by atoms with Gasteiger partial charge >= 0.3 is 0 Å². The molecule has 0 radical (unpaired) electrons. The normalized spacial score (nSPS) is 21.6. The van der Waals surface area contributed by atoms with Crippen molar-refractivity contribution in [1.82, 2.24) is 14.8 Å². The molecule has 2 amide bonds. The first-order chi connectivity index (χ1) is 20.6. The summed E-state index contributed by atoms with van der Waals surface area (Å²) in [5, 5.41) is 7.49. The van der Waals surface area contributed by atoms with Crippen molar-refractivity contribution < 1.29 is 32.3 Å². The molecule has 0 bridgehead atoms. The zero-order valence-electron chi connectivity index (χ0n) is 25.2. The van der Waals surface area contributed by atoms with Crippen LogP contribution in [0.15, 0.2) is 40.5 Å². The van der Waals surface area contributed by atoms with Gasteiger partial charge in [0, 0.05) is 83.0 Å². The molecule has 1 saturated carbocycles. The SMILES string of the molecule is COCCCS(=O)(=O)c1ccc(/C(=N\O[C@@H]2CC[C@@H](OC)C2)C(=O)Nc2ncc(CN3CCN(C(C)=O)[C@@H](C)C3)s2)cc1. The monoisotopic (exact) mass is 635 g/mol. The Hall–Kier alpha value is -2.91. The number of hydrogen-bond donors (Lipinski definition) is 1. The minimum Gasteiger partial charge on any atom is -0.392 e. The number of carbonyl (C=O) groups is 2. The van der Waals surface area contributed by atoms with Crippen LogP contribution in [0.3, 0.4) is 0 Å². The molecular weight excluding hydrogens is 594 g/mol. The second-order valence-corrected chi connectivity index (χ2v) is 14.1. The van der Waals surface area contributed by atoms with Crippen LogP contribution in [-0.2, 0) is 40.3 Å². The summed E-state index contributed by atoms with van der Waals surface area (Å²) in [5.74, 6) is -0.465. The third-order valence-corrected chi connectivity index (χ3v) is 10.4. The van der Waals surface area contributed by atoms with E-state index in [4.69, 9.17) is 14.3 Å². The lowest BCUT2D eigenvalue weighted by Crippen LogP contribution is -2.52. The summed E-state index contributed by atoms with van der Waals surface area (Å²) in [6, 6.07) is 6.21. The third-order valence-electron chi connectivity index (χ3n) is 7.70. The van der Waals surface area contributed by atoms with Crippen LogP contribution in [0.4, 0.5) is 5.13 Å². The standard InChI is InChI=1S/C29H41N5O7S2/c1-20-18-33(12-13-34(20)21(2)35)19-25-17-30-29(42-25)31-28(36)27(32-41-24-9-8-23(16-24)40-4)22-6-10-26(11-7-22)43(37,38)15-5-14-39-3/h6-7,10-11,17,20,23-24H,5,8-9,12-16,18-19H2,1-4H3,(H,30,31,36)/b32-27+/t20-,23+,24+/m0/s1. The van der Waals surface area contributed by atoms with Gasteiger partial charge in [-0.2, -0.15) is 0 Å². The molecule has 1 N–H and O–H groups in total. The highest BCUT2D eigenvalue weighted by Gasteiger charge is 2.28. The molecule has 1 aromatic carbocycles. The maximum absolute atomic E-state index is 13.5. The molecule has 4 rings (SSSR count). The number of rotatable bonds is 13. The van der Waals surface area contributed by atoms with E-state index in [2.05, 4.69) is 20.4 Å². The summed E-state index contributed by atoms with van der Waals surface area (Å²) in [4.78, 5) is 40.7. The van der Waals surface area contributed by atoms with Crippen LogP contribution in [0, 0.1) is 0 Å². The van der Waals surface area contributed by atoms with Gasteiger partial charge in [-0.15, -0.1) is 11.3 Å². The second-order valence-electron chi connectivity index (χ2n) is 10.9. The van der Waals surface area contributed by atoms with Gasteiger partial charge in [0.15, 0.2) is 20.7 Å². The van der Waals surface area contributed by atoms with Crippen LogP contribution in [-0.4, -0.2) is 105 Å². The van der Waals surface area contributed by atoms with Crippen molar-refractivity contribution >= 4 is 43.8 Å². The number of thiazole rings is 1. The predicted octanol–water partition coefficient (Wildman–Crippen LogP) is 2.93. The van der Waals surface area contributed by atoms with E-state index in [1.54, 1.807) is 32.4 Å². The van der Waals surface area contributed by atoms with E-state index in [9.17, 15) is 18.0 Å². The molecule has 0 spiro atoms. The van der Waals surface area contributed by atoms with Crippen LogP contribution in [0.25, 0.3) is 0 Å². The van der Waals surface area contributed by atoms with Crippen molar-refractivity contribution in [2.45, 2.75) is 69.2 Å². The van der Waals surface area contributed by atoms with Crippen LogP contribution in [0.2, 0.25) is 0 Å². The van der Waals surface area contributed by atoms with E-state index in [0.29, 0.717) is 43.2 Å². The van der Waals surface area contributed by atoms with Gasteiger partial charge in [-0.25, -0.2) is 13.4 Å². The van der Waals surface area contributed by atoms with E-state index in [0.717, 1.165) is 30.8 Å². The molecule has 1 aliphatic heterocycles. The molecular formula is C29H41N5O7S2. The van der Waals surface area contributed by atoms with E-state index in [-0.39, 0.29) is 40.5 Å². The minimum atomic E-state index is -3.50. The molecule has 2 aromatic rings. The Kier molecular flexibility index (Phi) is 11.7. The largest absolute Gasteiger partial charge is 0.392 e. The Balaban J connectivity index is 1.46.